The number of nitro groups is 1. The van der Waals surface area contributed by atoms with Crippen LogP contribution in [0, 0.1) is 28.4 Å². The van der Waals surface area contributed by atoms with Crippen LogP contribution in [0.25, 0.3) is 11.0 Å². The number of benzene rings is 3. The van der Waals surface area contributed by atoms with Crippen molar-refractivity contribution in [3.63, 3.8) is 0 Å². The number of hydrogen-bond donors (Lipinski definition) is 4. The maximum absolute atomic E-state index is 14.2. The number of carbonyl (C=O) groups excluding carboxylic acids is 1. The number of ether oxygens (including phenoxy) is 2. The molecule has 1 spiro atoms. The number of rotatable bonds is 11. The van der Waals surface area contributed by atoms with Crippen molar-refractivity contribution in [3.8, 4) is 17.2 Å². The van der Waals surface area contributed by atoms with Crippen LogP contribution >= 0.6 is 0 Å². The zero-order valence-electron chi connectivity index (χ0n) is 38.7. The molecule has 2 saturated heterocycles. The molecule has 16 heteroatoms. The Morgan fingerprint density at radius 3 is 2.52 bits per heavy atom. The fourth-order valence-corrected chi connectivity index (χ4v) is 12.7. The lowest BCUT2D eigenvalue weighted by molar-refractivity contribution is -0.384. The molecule has 354 valence electrons. The standard InChI is InChI=1S/C51H61N7O8S/c1-31(2)38-8-5-6-9-39(38)40-10-7-11-43(40)57-29-51(30-57)18-20-56(21-19-51)35-12-13-41(45(24-35)66-36-23-34-22-32(3)53-48(34)52-27-36)49(59)55-67(63,64)37-25-44(58(61)62)47-46(26-37)65-28-42(54-47)33-14-16-50(4,60)17-15-33/h5-6,8-9,12-13,22-27,31,33,40,42-43,54,60H,7,10-11,14-21,28-30H2,1-4H3,(H,52,53)(H,55,59)/t33-,40-,42+,43?,50-/m0/s1. The topological polar surface area (TPSA) is 192 Å². The van der Waals surface area contributed by atoms with Gasteiger partial charge in [0.2, 0.25) is 0 Å². The van der Waals surface area contributed by atoms with Gasteiger partial charge in [-0.3, -0.25) is 19.8 Å². The number of nitrogens with one attached hydrogen (secondary N) is 3. The van der Waals surface area contributed by atoms with Crippen molar-refractivity contribution in [3.05, 3.63) is 105 Å². The van der Waals surface area contributed by atoms with E-state index in [9.17, 15) is 28.4 Å². The molecule has 2 saturated carbocycles. The number of nitro benzene ring substituents is 1. The number of piperidine rings is 1. The van der Waals surface area contributed by atoms with Gasteiger partial charge in [0.25, 0.3) is 21.6 Å². The van der Waals surface area contributed by atoms with E-state index in [0.717, 1.165) is 61.9 Å². The number of carbonyl (C=O) groups is 1. The summed E-state index contributed by atoms with van der Waals surface area (Å²) in [5.74, 6) is 0.720. The Bertz CT molecular complexity index is 2820. The van der Waals surface area contributed by atoms with E-state index in [0.29, 0.717) is 55.0 Å². The number of aromatic amines is 1. The lowest BCUT2D eigenvalue weighted by atomic mass is 9.70. The van der Waals surface area contributed by atoms with Gasteiger partial charge in [0.05, 0.1) is 33.2 Å². The minimum Gasteiger partial charge on any atom is -0.489 e. The Labute approximate surface area is 391 Å². The van der Waals surface area contributed by atoms with Crippen molar-refractivity contribution in [1.82, 2.24) is 19.6 Å². The first-order valence-corrected chi connectivity index (χ1v) is 25.4. The molecule has 0 bridgehead atoms. The number of likely N-dealkylation sites (tertiary alicyclic amines) is 1. The zero-order valence-corrected chi connectivity index (χ0v) is 39.5. The van der Waals surface area contributed by atoms with E-state index in [2.05, 4.69) is 67.9 Å². The highest BCUT2D eigenvalue weighted by Gasteiger charge is 2.49. The molecule has 15 nitrogen and oxygen atoms in total. The third-order valence-electron chi connectivity index (χ3n) is 15.5. The predicted molar refractivity (Wildman–Crippen MR) is 257 cm³/mol. The second-order valence-corrected chi connectivity index (χ2v) is 22.2. The quantitative estimate of drug-likeness (QED) is 0.0727. The molecule has 1 amide bonds. The van der Waals surface area contributed by atoms with Gasteiger partial charge in [-0.15, -0.1) is 0 Å². The van der Waals surface area contributed by atoms with Gasteiger partial charge in [0, 0.05) is 67.2 Å². The molecular formula is C51H61N7O8S. The summed E-state index contributed by atoms with van der Waals surface area (Å²) in [5.41, 5.74) is 4.53. The van der Waals surface area contributed by atoms with Crippen molar-refractivity contribution < 1.29 is 32.7 Å². The summed E-state index contributed by atoms with van der Waals surface area (Å²) in [6.07, 6.45) is 9.98. The van der Waals surface area contributed by atoms with E-state index >= 15 is 0 Å². The van der Waals surface area contributed by atoms with Crippen molar-refractivity contribution >= 4 is 44.0 Å². The normalized spacial score (nSPS) is 25.0. The van der Waals surface area contributed by atoms with Crippen molar-refractivity contribution in [1.29, 1.82) is 0 Å². The van der Waals surface area contributed by atoms with Gasteiger partial charge < -0.3 is 29.8 Å². The monoisotopic (exact) mass is 931 g/mol. The number of aryl methyl sites for hydroxylation is 1. The van der Waals surface area contributed by atoms with Crippen molar-refractivity contribution in [2.24, 2.45) is 11.3 Å². The third kappa shape index (κ3) is 8.95. The van der Waals surface area contributed by atoms with Crippen LogP contribution in [0.2, 0.25) is 0 Å². The van der Waals surface area contributed by atoms with Crippen molar-refractivity contribution in [2.75, 3.05) is 43.0 Å². The number of hydrogen-bond acceptors (Lipinski definition) is 12. The molecule has 5 aliphatic rings. The number of H-pyrrole nitrogens is 1. The average molecular weight is 932 g/mol. The fraction of sp³-hybridized carbons (Fsp3) is 0.490. The molecule has 3 atom stereocenters. The summed E-state index contributed by atoms with van der Waals surface area (Å²) in [4.78, 5) is 38.2. The second-order valence-electron chi connectivity index (χ2n) is 20.5. The van der Waals surface area contributed by atoms with Gasteiger partial charge in [-0.2, -0.15) is 0 Å². The van der Waals surface area contributed by atoms with Crippen LogP contribution in [0.15, 0.2) is 77.8 Å². The minimum absolute atomic E-state index is 0.00501. The Morgan fingerprint density at radius 2 is 1.78 bits per heavy atom. The smallest absolute Gasteiger partial charge is 0.297 e. The number of anilines is 2. The van der Waals surface area contributed by atoms with Crippen LogP contribution in [0.5, 0.6) is 17.2 Å². The van der Waals surface area contributed by atoms with Crippen LogP contribution in [-0.2, 0) is 10.0 Å². The first-order valence-electron chi connectivity index (χ1n) is 23.9. The fourth-order valence-electron chi connectivity index (χ4n) is 11.7. The largest absolute Gasteiger partial charge is 0.489 e. The van der Waals surface area contributed by atoms with Crippen LogP contribution in [0.4, 0.5) is 17.1 Å². The number of sulfonamides is 1. The van der Waals surface area contributed by atoms with Crippen LogP contribution in [0.1, 0.15) is 118 Å². The van der Waals surface area contributed by atoms with E-state index in [1.807, 2.05) is 32.0 Å². The first kappa shape index (κ1) is 45.1. The second kappa shape index (κ2) is 17.4. The molecule has 4 N–H and O–H groups in total. The number of amides is 1. The Morgan fingerprint density at radius 1 is 1.01 bits per heavy atom. The summed E-state index contributed by atoms with van der Waals surface area (Å²) in [6, 6.07) is 20.4. The highest BCUT2D eigenvalue weighted by molar-refractivity contribution is 7.90. The van der Waals surface area contributed by atoms with E-state index in [1.54, 1.807) is 18.3 Å². The van der Waals surface area contributed by atoms with E-state index in [4.69, 9.17) is 9.47 Å². The maximum atomic E-state index is 14.2. The van der Waals surface area contributed by atoms with E-state index < -0.39 is 37.0 Å². The number of aliphatic hydroxyl groups is 1. The van der Waals surface area contributed by atoms with Gasteiger partial charge in [-0.1, -0.05) is 44.5 Å². The molecular weight excluding hydrogens is 871 g/mol. The maximum Gasteiger partial charge on any atom is 0.297 e. The summed E-state index contributed by atoms with van der Waals surface area (Å²) in [7, 11) is -4.66. The van der Waals surface area contributed by atoms with Gasteiger partial charge in [0.15, 0.2) is 11.4 Å². The number of nitrogens with zero attached hydrogens (tertiary/aromatic N) is 4. The molecule has 3 aromatic carbocycles. The summed E-state index contributed by atoms with van der Waals surface area (Å²) in [5, 5.41) is 26.9. The highest BCUT2D eigenvalue weighted by Crippen LogP contribution is 2.49. The predicted octanol–water partition coefficient (Wildman–Crippen LogP) is 9.17. The van der Waals surface area contributed by atoms with Crippen molar-refractivity contribution in [2.45, 2.75) is 120 Å². The SMILES string of the molecule is Cc1cc2cc(Oc3cc(N4CCC5(CC4)CN(C4CCC[C@H]4c4ccccc4C(C)C)C5)ccc3C(=O)NS(=O)(=O)c3cc4c(c([N+](=O)[O-])c3)N[C@@H]([C@H]3CC[C@](C)(O)CC3)CO4)cnc2[nH]1. The number of pyridine rings is 1. The molecule has 0 radical (unpaired) electrons. The van der Waals surface area contributed by atoms with E-state index in [-0.39, 0.29) is 46.7 Å². The zero-order chi connectivity index (χ0) is 46.8. The number of aromatic nitrogens is 2. The summed E-state index contributed by atoms with van der Waals surface area (Å²) in [6.45, 7) is 12.3. The minimum atomic E-state index is -4.66. The molecule has 4 fully saturated rings. The lowest BCUT2D eigenvalue weighted by Gasteiger charge is -2.57. The molecule has 2 aromatic heterocycles. The van der Waals surface area contributed by atoms with Gasteiger partial charge in [-0.05, 0) is 124 Å². The lowest BCUT2D eigenvalue weighted by Crippen LogP contribution is -2.63. The average Bonchev–Trinajstić information content (AvgIpc) is 3.93. The Kier molecular flexibility index (Phi) is 11.7. The van der Waals surface area contributed by atoms with Crippen LogP contribution in [-0.4, -0.2) is 89.7 Å². The van der Waals surface area contributed by atoms with Gasteiger partial charge >= 0.3 is 0 Å². The molecule has 1 unspecified atom stereocenters. The van der Waals surface area contributed by atoms with E-state index in [1.165, 1.54) is 36.5 Å². The summed E-state index contributed by atoms with van der Waals surface area (Å²) < 4.78 is 42.5. The molecule has 67 heavy (non-hydrogen) atoms. The third-order valence-corrected chi connectivity index (χ3v) is 16.8. The molecule has 10 rings (SSSR count). The number of fused-ring (bicyclic) bond motifs is 2. The summed E-state index contributed by atoms with van der Waals surface area (Å²) >= 11 is 0. The van der Waals surface area contributed by atoms with Crippen LogP contribution < -0.4 is 24.4 Å². The Balaban J connectivity index is 0.861. The van der Waals surface area contributed by atoms with Gasteiger partial charge in [-0.25, -0.2) is 18.1 Å². The Hall–Kier alpha value is -5.71. The van der Waals surface area contributed by atoms with Gasteiger partial charge in [0.1, 0.15) is 23.8 Å². The van der Waals surface area contributed by atoms with Crippen LogP contribution in [0.3, 0.4) is 0 Å². The molecule has 3 aliphatic heterocycles. The highest BCUT2D eigenvalue weighted by atomic mass is 32.2. The molecule has 2 aliphatic carbocycles. The first-order chi connectivity index (χ1) is 32.0. The molecule has 5 aromatic rings. The molecule has 5 heterocycles.